The predicted octanol–water partition coefficient (Wildman–Crippen LogP) is 2.28. The monoisotopic (exact) mass is 394 g/mol. The highest BCUT2D eigenvalue weighted by Crippen LogP contribution is 2.41. The van der Waals surface area contributed by atoms with E-state index in [-0.39, 0.29) is 29.3 Å². The first-order chi connectivity index (χ1) is 12.8. The largest absolute Gasteiger partial charge is 0.511 e. The third-order valence-corrected chi connectivity index (χ3v) is 4.80. The minimum absolute atomic E-state index is 0.0667. The Labute approximate surface area is 157 Å². The van der Waals surface area contributed by atoms with Crippen LogP contribution in [0.5, 0.6) is 0 Å². The Kier molecular flexibility index (Phi) is 5.31. The minimum Gasteiger partial charge on any atom is -0.429 e. The fourth-order valence-corrected chi connectivity index (χ4v) is 3.48. The topological polar surface area (TPSA) is 125 Å². The van der Waals surface area contributed by atoms with Gasteiger partial charge in [0.15, 0.2) is 0 Å². The van der Waals surface area contributed by atoms with Gasteiger partial charge in [0.1, 0.15) is 12.3 Å². The summed E-state index contributed by atoms with van der Waals surface area (Å²) in [5.41, 5.74) is 0.567. The zero-order valence-corrected chi connectivity index (χ0v) is 14.8. The Morgan fingerprint density at radius 2 is 2.04 bits per heavy atom. The normalized spacial score (nSPS) is 18.7. The maximum Gasteiger partial charge on any atom is 0.511 e. The lowest BCUT2D eigenvalue weighted by Crippen LogP contribution is -2.48. The Balaban J connectivity index is 1.43. The molecule has 0 N–H and O–H groups in total. The van der Waals surface area contributed by atoms with Crippen LogP contribution in [0.1, 0.15) is 18.9 Å². The molecule has 1 fully saturated rings. The highest BCUT2D eigenvalue weighted by molar-refractivity contribution is 8.03. The van der Waals surface area contributed by atoms with Gasteiger partial charge < -0.3 is 14.2 Å². The summed E-state index contributed by atoms with van der Waals surface area (Å²) in [5, 5.41) is 12.0. The van der Waals surface area contributed by atoms with Gasteiger partial charge in [0.05, 0.1) is 16.7 Å². The van der Waals surface area contributed by atoms with Crippen LogP contribution in [-0.4, -0.2) is 39.5 Å². The molecule has 10 nitrogen and oxygen atoms in total. The molecule has 0 radical (unpaired) electrons. The van der Waals surface area contributed by atoms with E-state index in [1.165, 1.54) is 53.3 Å². The van der Waals surface area contributed by atoms with Crippen LogP contribution in [0.15, 0.2) is 35.4 Å². The van der Waals surface area contributed by atoms with Gasteiger partial charge in [-0.05, 0) is 17.7 Å². The average molecular weight is 394 g/mol. The molecule has 1 amide bonds. The van der Waals surface area contributed by atoms with E-state index in [2.05, 4.69) is 0 Å². The summed E-state index contributed by atoms with van der Waals surface area (Å²) in [6, 6.07) is 5.46. The summed E-state index contributed by atoms with van der Waals surface area (Å²) in [6.45, 7) is 1.17. The average Bonchev–Trinajstić information content (AvgIpc) is 2.97. The number of fused-ring (bicyclic) bond motifs is 1. The molecule has 1 aromatic rings. The number of carbonyl (C=O) groups is 3. The van der Waals surface area contributed by atoms with Crippen LogP contribution in [0.4, 0.5) is 10.5 Å². The number of hydrogen-bond acceptors (Lipinski definition) is 9. The maximum absolute atomic E-state index is 12.1. The fraction of sp³-hybridized carbons (Fsp3) is 0.312. The molecule has 11 heteroatoms. The molecule has 0 saturated carbocycles. The Morgan fingerprint density at radius 3 is 2.67 bits per heavy atom. The summed E-state index contributed by atoms with van der Waals surface area (Å²) in [6.07, 6.45) is -1.91. The van der Waals surface area contributed by atoms with Crippen LogP contribution >= 0.6 is 11.8 Å². The van der Waals surface area contributed by atoms with E-state index in [1.807, 2.05) is 0 Å². The molecule has 27 heavy (non-hydrogen) atoms. The lowest BCUT2D eigenvalue weighted by Gasteiger charge is -2.34. The van der Waals surface area contributed by atoms with E-state index in [9.17, 15) is 24.5 Å². The number of thioether (sulfide) groups is 1. The zero-order valence-electron chi connectivity index (χ0n) is 14.0. The molecule has 0 bridgehead atoms. The first-order valence-corrected chi connectivity index (χ1v) is 8.75. The van der Waals surface area contributed by atoms with E-state index in [0.717, 1.165) is 0 Å². The van der Waals surface area contributed by atoms with Crippen molar-refractivity contribution in [2.45, 2.75) is 31.6 Å². The highest BCUT2D eigenvalue weighted by Gasteiger charge is 2.45. The highest BCUT2D eigenvalue weighted by atomic mass is 32.2. The molecule has 1 saturated heterocycles. The van der Waals surface area contributed by atoms with E-state index in [4.69, 9.17) is 14.2 Å². The molecular formula is C16H14N2O8S. The van der Waals surface area contributed by atoms with E-state index in [0.29, 0.717) is 12.0 Å². The van der Waals surface area contributed by atoms with Gasteiger partial charge in [0, 0.05) is 24.5 Å². The van der Waals surface area contributed by atoms with Gasteiger partial charge in [0.25, 0.3) is 5.69 Å². The van der Waals surface area contributed by atoms with Gasteiger partial charge in [-0.15, -0.1) is 11.8 Å². The smallest absolute Gasteiger partial charge is 0.429 e. The number of esters is 1. The summed E-state index contributed by atoms with van der Waals surface area (Å²) < 4.78 is 14.7. The van der Waals surface area contributed by atoms with Crippen LogP contribution < -0.4 is 0 Å². The second-order valence-electron chi connectivity index (χ2n) is 5.61. The summed E-state index contributed by atoms with van der Waals surface area (Å²) in [5.74, 6) is -0.932. The van der Waals surface area contributed by atoms with Crippen molar-refractivity contribution in [3.63, 3.8) is 0 Å². The third kappa shape index (κ3) is 4.19. The minimum atomic E-state index is -1.22. The molecule has 2 aliphatic heterocycles. The number of benzene rings is 1. The van der Waals surface area contributed by atoms with Crippen molar-refractivity contribution in [3.05, 3.63) is 51.0 Å². The fourth-order valence-electron chi connectivity index (χ4n) is 2.39. The number of rotatable bonds is 6. The number of hydrogen-bond donors (Lipinski definition) is 0. The number of nitrogens with zero attached hydrogens (tertiary/aromatic N) is 2. The van der Waals surface area contributed by atoms with E-state index < -0.39 is 23.3 Å². The Bertz CT molecular complexity index is 822. The lowest BCUT2D eigenvalue weighted by molar-refractivity contribution is -0.384. The Morgan fingerprint density at radius 1 is 1.33 bits per heavy atom. The molecule has 0 aromatic heterocycles. The van der Waals surface area contributed by atoms with Gasteiger partial charge in [-0.3, -0.25) is 19.8 Å². The second kappa shape index (κ2) is 7.66. The van der Waals surface area contributed by atoms with Crippen molar-refractivity contribution in [2.24, 2.45) is 0 Å². The molecule has 1 aromatic carbocycles. The number of amides is 1. The number of ether oxygens (including phenoxy) is 3. The van der Waals surface area contributed by atoms with Crippen molar-refractivity contribution >= 4 is 35.5 Å². The molecule has 0 aliphatic carbocycles. The first-order valence-electron chi connectivity index (χ1n) is 7.80. The van der Waals surface area contributed by atoms with Gasteiger partial charge in [-0.25, -0.2) is 9.59 Å². The molecule has 3 rings (SSSR count). The third-order valence-electron chi connectivity index (χ3n) is 3.75. The molecule has 0 unspecified atom stereocenters. The quantitative estimate of drug-likeness (QED) is 0.235. The predicted molar refractivity (Wildman–Crippen MR) is 90.8 cm³/mol. The number of carbonyl (C=O) groups excluding carboxylic acids is 3. The van der Waals surface area contributed by atoms with E-state index in [1.54, 1.807) is 0 Å². The van der Waals surface area contributed by atoms with Gasteiger partial charge >= 0.3 is 12.1 Å². The number of β-lactam (4-membered cyclic amide) rings is 1. The van der Waals surface area contributed by atoms with Crippen molar-refractivity contribution in [1.82, 2.24) is 4.90 Å². The van der Waals surface area contributed by atoms with Gasteiger partial charge in [-0.1, -0.05) is 0 Å². The molecule has 0 spiro atoms. The van der Waals surface area contributed by atoms with Crippen molar-refractivity contribution in [1.29, 1.82) is 0 Å². The standard InChI is InChI=1S/C16H14N2O8S/c1-9(25-15(20)12-8-27-14-6-13(19)17(12)14)26-16(21)24-7-10-2-4-11(5-3-10)18(22)23/h2-5,8-9,14H,6-7H2,1H3/t9-,14+/m1/s1. The number of nitro benzene ring substituents is 1. The van der Waals surface area contributed by atoms with Crippen LogP contribution in [-0.2, 0) is 30.4 Å². The molecule has 2 aliphatic rings. The van der Waals surface area contributed by atoms with Crippen molar-refractivity contribution in [2.75, 3.05) is 0 Å². The number of non-ortho nitro benzene ring substituents is 1. The van der Waals surface area contributed by atoms with Crippen LogP contribution in [0.3, 0.4) is 0 Å². The van der Waals surface area contributed by atoms with Crippen LogP contribution in [0.2, 0.25) is 0 Å². The van der Waals surface area contributed by atoms with Crippen molar-refractivity contribution in [3.8, 4) is 0 Å². The molecule has 2 heterocycles. The maximum atomic E-state index is 12.1. The lowest BCUT2D eigenvalue weighted by atomic mass is 10.2. The van der Waals surface area contributed by atoms with E-state index >= 15 is 0 Å². The second-order valence-corrected chi connectivity index (χ2v) is 6.67. The SMILES string of the molecule is C[C@@H](OC(=O)OCc1ccc([N+](=O)[O-])cc1)OC(=O)C1=CS[C@H]2CC(=O)N12. The molecule has 2 atom stereocenters. The van der Waals surface area contributed by atoms with Crippen molar-refractivity contribution < 1.29 is 33.5 Å². The first kappa shape index (κ1) is 18.7. The Hall–Kier alpha value is -3.08. The summed E-state index contributed by atoms with van der Waals surface area (Å²) in [4.78, 5) is 46.6. The summed E-state index contributed by atoms with van der Waals surface area (Å²) >= 11 is 1.35. The van der Waals surface area contributed by atoms with Crippen LogP contribution in [0.25, 0.3) is 0 Å². The number of nitro groups is 1. The zero-order chi connectivity index (χ0) is 19.6. The summed E-state index contributed by atoms with van der Waals surface area (Å²) in [7, 11) is 0. The van der Waals surface area contributed by atoms with Crippen LogP contribution in [0, 0.1) is 10.1 Å². The molecular weight excluding hydrogens is 380 g/mol. The molecule has 142 valence electrons. The van der Waals surface area contributed by atoms with Gasteiger partial charge in [0.2, 0.25) is 12.2 Å². The van der Waals surface area contributed by atoms with Gasteiger partial charge in [-0.2, -0.15) is 0 Å².